The van der Waals surface area contributed by atoms with E-state index in [0.717, 1.165) is 25.9 Å². The molecule has 0 aromatic carbocycles. The van der Waals surface area contributed by atoms with Crippen LogP contribution in [-0.2, 0) is 11.8 Å². The van der Waals surface area contributed by atoms with Gasteiger partial charge in [-0.2, -0.15) is 0 Å². The molecular weight excluding hydrogens is 270 g/mol. The van der Waals surface area contributed by atoms with Crippen molar-refractivity contribution in [3.8, 4) is 18.2 Å². The Morgan fingerprint density at radius 3 is 2.86 bits per heavy atom. The first-order valence-electron chi connectivity index (χ1n) is 7.03. The van der Waals surface area contributed by atoms with Crippen molar-refractivity contribution in [2.45, 2.75) is 12.8 Å². The van der Waals surface area contributed by atoms with Crippen LogP contribution in [-0.4, -0.2) is 54.0 Å². The number of hydrogen-bond acceptors (Lipinski definition) is 4. The van der Waals surface area contributed by atoms with E-state index in [9.17, 15) is 4.79 Å². The predicted molar refractivity (Wildman–Crippen MR) is 78.0 cm³/mol. The number of terminal acetylenes is 1. The van der Waals surface area contributed by atoms with E-state index in [4.69, 9.17) is 15.9 Å². The van der Waals surface area contributed by atoms with Gasteiger partial charge >= 0.3 is 0 Å². The second-order valence-corrected chi connectivity index (χ2v) is 5.18. The Labute approximate surface area is 125 Å². The van der Waals surface area contributed by atoms with Crippen molar-refractivity contribution in [3.63, 3.8) is 0 Å². The summed E-state index contributed by atoms with van der Waals surface area (Å²) in [5, 5.41) is 4.12. The van der Waals surface area contributed by atoms with Crippen LogP contribution in [0, 0.1) is 18.3 Å². The summed E-state index contributed by atoms with van der Waals surface area (Å²) < 4.78 is 12.1. The molecule has 1 amide bonds. The number of aryl methyl sites for hydroxylation is 1. The molecule has 0 saturated carbocycles. The van der Waals surface area contributed by atoms with E-state index in [1.54, 1.807) is 17.9 Å². The van der Waals surface area contributed by atoms with Crippen molar-refractivity contribution < 1.29 is 14.3 Å². The lowest BCUT2D eigenvalue weighted by Gasteiger charge is -2.31. The van der Waals surface area contributed by atoms with Crippen LogP contribution < -0.4 is 4.74 Å². The van der Waals surface area contributed by atoms with Crippen LogP contribution in [0.2, 0.25) is 0 Å². The van der Waals surface area contributed by atoms with Gasteiger partial charge in [0.05, 0.1) is 13.7 Å². The zero-order chi connectivity index (χ0) is 15.2. The highest BCUT2D eigenvalue weighted by Gasteiger charge is 2.27. The molecule has 2 heterocycles. The molecule has 0 spiro atoms. The highest BCUT2D eigenvalue weighted by molar-refractivity contribution is 5.96. The average molecular weight is 291 g/mol. The van der Waals surface area contributed by atoms with Gasteiger partial charge in [-0.15, -0.1) is 11.5 Å². The minimum atomic E-state index is -0.0251. The predicted octanol–water partition coefficient (Wildman–Crippen LogP) is 0.931. The monoisotopic (exact) mass is 291 g/mol. The number of carbonyl (C=O) groups is 1. The molecule has 1 aliphatic heterocycles. The summed E-state index contributed by atoms with van der Waals surface area (Å²) in [6, 6.07) is 0. The Hall–Kier alpha value is -2.00. The molecule has 0 aliphatic carbocycles. The van der Waals surface area contributed by atoms with Crippen LogP contribution in [0.15, 0.2) is 6.20 Å². The molecule has 1 aliphatic rings. The maximum absolute atomic E-state index is 12.5. The van der Waals surface area contributed by atoms with E-state index >= 15 is 0 Å². The first-order valence-corrected chi connectivity index (χ1v) is 7.03. The van der Waals surface area contributed by atoms with Gasteiger partial charge in [0.15, 0.2) is 0 Å². The quantitative estimate of drug-likeness (QED) is 0.598. The summed E-state index contributed by atoms with van der Waals surface area (Å²) >= 11 is 0. The van der Waals surface area contributed by atoms with E-state index in [1.807, 2.05) is 4.90 Å². The minimum Gasteiger partial charge on any atom is -0.479 e. The van der Waals surface area contributed by atoms with Gasteiger partial charge in [-0.1, -0.05) is 5.92 Å². The Bertz CT molecular complexity index is 525. The zero-order valence-electron chi connectivity index (χ0n) is 12.5. The smallest absolute Gasteiger partial charge is 0.260 e. The average Bonchev–Trinajstić information content (AvgIpc) is 2.88. The Balaban J connectivity index is 1.90. The number of piperidine rings is 1. The molecule has 6 nitrogen and oxygen atoms in total. The molecule has 1 aromatic heterocycles. The fourth-order valence-corrected chi connectivity index (χ4v) is 2.52. The van der Waals surface area contributed by atoms with E-state index in [0.29, 0.717) is 30.6 Å². The lowest BCUT2D eigenvalue weighted by molar-refractivity contribution is 0.0579. The summed E-state index contributed by atoms with van der Waals surface area (Å²) in [6.45, 7) is 2.47. The largest absolute Gasteiger partial charge is 0.479 e. The zero-order valence-corrected chi connectivity index (χ0v) is 12.5. The van der Waals surface area contributed by atoms with Crippen molar-refractivity contribution >= 4 is 5.91 Å². The van der Waals surface area contributed by atoms with Crippen LogP contribution in [0.25, 0.3) is 0 Å². The third-order valence-electron chi connectivity index (χ3n) is 3.66. The first kappa shape index (κ1) is 15.4. The normalized spacial score (nSPS) is 15.8. The molecule has 0 N–H and O–H groups in total. The molecule has 0 atom stereocenters. The number of hydrogen-bond donors (Lipinski definition) is 0. The lowest BCUT2D eigenvalue weighted by Crippen LogP contribution is -2.39. The van der Waals surface area contributed by atoms with E-state index in [-0.39, 0.29) is 5.91 Å². The Kier molecular flexibility index (Phi) is 5.23. The molecule has 0 unspecified atom stereocenters. The topological polar surface area (TPSA) is 56.6 Å². The minimum absolute atomic E-state index is 0.0251. The van der Waals surface area contributed by atoms with Crippen LogP contribution in [0.3, 0.4) is 0 Å². The molecule has 6 heteroatoms. The highest BCUT2D eigenvalue weighted by atomic mass is 16.5. The van der Waals surface area contributed by atoms with E-state index < -0.39 is 0 Å². The fourth-order valence-electron chi connectivity index (χ4n) is 2.52. The highest BCUT2D eigenvalue weighted by Crippen LogP contribution is 2.22. The van der Waals surface area contributed by atoms with Crippen molar-refractivity contribution in [2.24, 2.45) is 13.0 Å². The standard InChI is InChI=1S/C15H21N3O3/c1-4-9-21-11-12-5-7-18(8-6-12)15(19)13-10-17(2)16-14(13)20-3/h1,10,12H,5-9,11H2,2-3H3. The van der Waals surface area contributed by atoms with Crippen molar-refractivity contribution in [2.75, 3.05) is 33.4 Å². The SMILES string of the molecule is C#CCOCC1CCN(C(=O)c2cn(C)nc2OC)CC1. The number of amides is 1. The van der Waals surface area contributed by atoms with Gasteiger partial charge in [0, 0.05) is 26.3 Å². The van der Waals surface area contributed by atoms with E-state index in [2.05, 4.69) is 11.0 Å². The lowest BCUT2D eigenvalue weighted by atomic mass is 9.97. The molecule has 0 bridgehead atoms. The summed E-state index contributed by atoms with van der Waals surface area (Å²) in [4.78, 5) is 14.3. The van der Waals surface area contributed by atoms with E-state index in [1.165, 1.54) is 7.11 Å². The number of methoxy groups -OCH3 is 1. The van der Waals surface area contributed by atoms with Gasteiger partial charge in [-0.05, 0) is 18.8 Å². The summed E-state index contributed by atoms with van der Waals surface area (Å²) in [5.41, 5.74) is 0.516. The molecule has 1 saturated heterocycles. The number of likely N-dealkylation sites (tertiary alicyclic amines) is 1. The number of carbonyl (C=O) groups excluding carboxylic acids is 1. The van der Waals surface area contributed by atoms with Crippen molar-refractivity contribution in [1.29, 1.82) is 0 Å². The van der Waals surface area contributed by atoms with Gasteiger partial charge in [-0.3, -0.25) is 9.48 Å². The molecule has 1 aromatic rings. The second kappa shape index (κ2) is 7.14. The number of nitrogens with zero attached hydrogens (tertiary/aromatic N) is 3. The maximum atomic E-state index is 12.5. The number of aromatic nitrogens is 2. The van der Waals surface area contributed by atoms with Crippen molar-refractivity contribution in [3.05, 3.63) is 11.8 Å². The molecular formula is C15H21N3O3. The molecule has 21 heavy (non-hydrogen) atoms. The van der Waals surface area contributed by atoms with Crippen molar-refractivity contribution in [1.82, 2.24) is 14.7 Å². The Morgan fingerprint density at radius 1 is 1.52 bits per heavy atom. The summed E-state index contributed by atoms with van der Waals surface area (Å²) in [5.74, 6) is 3.28. The third kappa shape index (κ3) is 3.76. The van der Waals surface area contributed by atoms with Gasteiger partial charge in [0.1, 0.15) is 12.2 Å². The van der Waals surface area contributed by atoms with Crippen LogP contribution >= 0.6 is 0 Å². The Morgan fingerprint density at radius 2 is 2.24 bits per heavy atom. The van der Waals surface area contributed by atoms with Gasteiger partial charge < -0.3 is 14.4 Å². The van der Waals surface area contributed by atoms with Crippen LogP contribution in [0.4, 0.5) is 0 Å². The summed E-state index contributed by atoms with van der Waals surface area (Å²) in [7, 11) is 3.29. The van der Waals surface area contributed by atoms with Crippen LogP contribution in [0.5, 0.6) is 5.88 Å². The molecule has 0 radical (unpaired) electrons. The second-order valence-electron chi connectivity index (χ2n) is 5.18. The van der Waals surface area contributed by atoms with Gasteiger partial charge in [0.25, 0.3) is 5.91 Å². The van der Waals surface area contributed by atoms with Crippen LogP contribution in [0.1, 0.15) is 23.2 Å². The van der Waals surface area contributed by atoms with Gasteiger partial charge in [0.2, 0.25) is 5.88 Å². The summed E-state index contributed by atoms with van der Waals surface area (Å²) in [6.07, 6.45) is 8.71. The van der Waals surface area contributed by atoms with Gasteiger partial charge in [-0.25, -0.2) is 0 Å². The number of rotatable bonds is 5. The maximum Gasteiger partial charge on any atom is 0.260 e. The third-order valence-corrected chi connectivity index (χ3v) is 3.66. The fraction of sp³-hybridized carbons (Fsp3) is 0.600. The molecule has 2 rings (SSSR count). The molecule has 114 valence electrons. The molecule has 1 fully saturated rings. The first-order chi connectivity index (χ1) is 10.2. The number of ether oxygens (including phenoxy) is 2.